The average Bonchev–Trinajstić information content (AvgIpc) is 2.01. The molecule has 1 aliphatic rings. The molecule has 0 aromatic carbocycles. The third-order valence-corrected chi connectivity index (χ3v) is 3.59. The Morgan fingerprint density at radius 2 is 2.07 bits per heavy atom. The van der Waals surface area contributed by atoms with Gasteiger partial charge in [0.2, 0.25) is 0 Å². The quantitative estimate of drug-likeness (QED) is 0.692. The summed E-state index contributed by atoms with van der Waals surface area (Å²) in [4.78, 5) is 10.6. The van der Waals surface area contributed by atoms with Crippen LogP contribution in [0.5, 0.6) is 0 Å². The maximum atomic E-state index is 10.6. The lowest BCUT2D eigenvalue weighted by atomic mass is 9.69. The van der Waals surface area contributed by atoms with E-state index in [0.29, 0.717) is 23.7 Å². The third-order valence-electron chi connectivity index (χ3n) is 3.59. The molecule has 0 aliphatic heterocycles. The zero-order valence-corrected chi connectivity index (χ0v) is 9.45. The van der Waals surface area contributed by atoms with Crippen molar-refractivity contribution in [1.82, 2.24) is 0 Å². The minimum absolute atomic E-state index is 0.257. The van der Waals surface area contributed by atoms with E-state index < -0.39 is 5.97 Å². The molecule has 3 atom stereocenters. The first-order chi connectivity index (χ1) is 6.50. The molecule has 82 valence electrons. The number of carboxylic acids is 1. The molecule has 14 heavy (non-hydrogen) atoms. The first kappa shape index (κ1) is 11.5. The summed E-state index contributed by atoms with van der Waals surface area (Å²) in [5.74, 6) is 1.35. The van der Waals surface area contributed by atoms with E-state index in [1.165, 1.54) is 12.8 Å². The maximum Gasteiger partial charge on any atom is 0.0417 e. The van der Waals surface area contributed by atoms with Gasteiger partial charge in [-0.1, -0.05) is 27.2 Å². The van der Waals surface area contributed by atoms with Crippen LogP contribution in [0.15, 0.2) is 0 Å². The average molecular weight is 197 g/mol. The van der Waals surface area contributed by atoms with Gasteiger partial charge in [0.1, 0.15) is 0 Å². The predicted octanol–water partition coefficient (Wildman–Crippen LogP) is 1.83. The Morgan fingerprint density at radius 3 is 2.57 bits per heavy atom. The van der Waals surface area contributed by atoms with Crippen LogP contribution in [0.25, 0.3) is 0 Å². The summed E-state index contributed by atoms with van der Waals surface area (Å²) in [6, 6.07) is 0. The van der Waals surface area contributed by atoms with E-state index >= 15 is 0 Å². The molecular formula is C12H21O2-. The zero-order valence-electron chi connectivity index (χ0n) is 9.45. The second-order valence-electron chi connectivity index (χ2n) is 5.16. The number of hydrogen-bond donors (Lipinski definition) is 0. The fourth-order valence-corrected chi connectivity index (χ4v) is 2.85. The second kappa shape index (κ2) is 4.81. The Labute approximate surface area is 86.7 Å². The van der Waals surface area contributed by atoms with Crippen molar-refractivity contribution >= 4 is 5.97 Å². The molecule has 0 heterocycles. The molecule has 2 heteroatoms. The predicted molar refractivity (Wildman–Crippen MR) is 54.5 cm³/mol. The monoisotopic (exact) mass is 197 g/mol. The number of aliphatic carboxylic acids is 1. The van der Waals surface area contributed by atoms with Crippen LogP contribution >= 0.6 is 0 Å². The first-order valence-electron chi connectivity index (χ1n) is 5.70. The molecule has 0 N–H and O–H groups in total. The molecule has 0 amide bonds. The van der Waals surface area contributed by atoms with Gasteiger partial charge < -0.3 is 9.90 Å². The lowest BCUT2D eigenvalue weighted by Crippen LogP contribution is -2.33. The van der Waals surface area contributed by atoms with Gasteiger partial charge in [0.15, 0.2) is 0 Å². The van der Waals surface area contributed by atoms with Gasteiger partial charge in [-0.15, -0.1) is 0 Å². The molecule has 0 aromatic heterocycles. The van der Waals surface area contributed by atoms with Crippen molar-refractivity contribution in [2.75, 3.05) is 0 Å². The van der Waals surface area contributed by atoms with Crippen molar-refractivity contribution < 1.29 is 9.90 Å². The number of hydrogen-bond acceptors (Lipinski definition) is 2. The number of rotatable bonds is 3. The Kier molecular flexibility index (Phi) is 3.97. The highest BCUT2D eigenvalue weighted by Gasteiger charge is 2.30. The largest absolute Gasteiger partial charge is 0.550 e. The summed E-state index contributed by atoms with van der Waals surface area (Å²) in [5, 5.41) is 10.6. The van der Waals surface area contributed by atoms with E-state index in [1.807, 2.05) is 0 Å². The molecule has 2 nitrogen and oxygen atoms in total. The van der Waals surface area contributed by atoms with Crippen LogP contribution in [0.2, 0.25) is 0 Å². The van der Waals surface area contributed by atoms with Crippen molar-refractivity contribution in [2.45, 2.75) is 46.5 Å². The standard InChI is InChI=1S/C12H22O2/c1-8(2)11-5-4-9(3)6-10(11)7-12(13)14/h8-11H,4-7H2,1-3H3,(H,13,14)/p-1. The van der Waals surface area contributed by atoms with Crippen LogP contribution in [0.1, 0.15) is 46.5 Å². The molecular weight excluding hydrogens is 176 g/mol. The van der Waals surface area contributed by atoms with Crippen LogP contribution < -0.4 is 5.11 Å². The highest BCUT2D eigenvalue weighted by Crippen LogP contribution is 2.39. The molecule has 0 aromatic rings. The van der Waals surface area contributed by atoms with Gasteiger partial charge in [0, 0.05) is 5.97 Å². The minimum atomic E-state index is -0.880. The molecule has 0 spiro atoms. The molecule has 1 fully saturated rings. The van der Waals surface area contributed by atoms with Gasteiger partial charge in [0.05, 0.1) is 0 Å². The molecule has 0 saturated heterocycles. The minimum Gasteiger partial charge on any atom is -0.550 e. The first-order valence-corrected chi connectivity index (χ1v) is 5.70. The Hall–Kier alpha value is -0.530. The lowest BCUT2D eigenvalue weighted by Gasteiger charge is -2.37. The lowest BCUT2D eigenvalue weighted by molar-refractivity contribution is -0.307. The molecule has 1 rings (SSSR count). The topological polar surface area (TPSA) is 40.1 Å². The summed E-state index contributed by atoms with van der Waals surface area (Å²) < 4.78 is 0. The summed E-state index contributed by atoms with van der Waals surface area (Å²) in [6.07, 6.45) is 3.77. The zero-order chi connectivity index (χ0) is 10.7. The van der Waals surface area contributed by atoms with Gasteiger partial charge in [0.25, 0.3) is 0 Å². The van der Waals surface area contributed by atoms with Gasteiger partial charge in [-0.25, -0.2) is 0 Å². The van der Waals surface area contributed by atoms with Crippen LogP contribution in [-0.4, -0.2) is 5.97 Å². The van der Waals surface area contributed by atoms with Crippen LogP contribution in [0.3, 0.4) is 0 Å². The van der Waals surface area contributed by atoms with Crippen molar-refractivity contribution in [3.05, 3.63) is 0 Å². The fraction of sp³-hybridized carbons (Fsp3) is 0.917. The Morgan fingerprint density at radius 1 is 1.43 bits per heavy atom. The van der Waals surface area contributed by atoms with Crippen molar-refractivity contribution in [2.24, 2.45) is 23.7 Å². The third kappa shape index (κ3) is 3.00. The Balaban J connectivity index is 2.58. The highest BCUT2D eigenvalue weighted by atomic mass is 16.4. The second-order valence-corrected chi connectivity index (χ2v) is 5.16. The van der Waals surface area contributed by atoms with Crippen LogP contribution in [0, 0.1) is 23.7 Å². The fourth-order valence-electron chi connectivity index (χ4n) is 2.85. The van der Waals surface area contributed by atoms with Gasteiger partial charge in [-0.2, -0.15) is 0 Å². The van der Waals surface area contributed by atoms with Crippen molar-refractivity contribution in [1.29, 1.82) is 0 Å². The van der Waals surface area contributed by atoms with E-state index in [-0.39, 0.29) is 6.42 Å². The van der Waals surface area contributed by atoms with Crippen molar-refractivity contribution in [3.8, 4) is 0 Å². The number of carbonyl (C=O) groups is 1. The highest BCUT2D eigenvalue weighted by molar-refractivity contribution is 5.64. The van der Waals surface area contributed by atoms with Gasteiger partial charge >= 0.3 is 0 Å². The summed E-state index contributed by atoms with van der Waals surface area (Å²) in [5.41, 5.74) is 0. The molecule has 0 bridgehead atoms. The van der Waals surface area contributed by atoms with Crippen LogP contribution in [0.4, 0.5) is 0 Å². The van der Waals surface area contributed by atoms with Gasteiger partial charge in [-0.05, 0) is 42.9 Å². The molecule has 1 aliphatic carbocycles. The SMILES string of the molecule is CC1CCC(C(C)C)C(CC(=O)[O-])C1. The maximum absolute atomic E-state index is 10.6. The van der Waals surface area contributed by atoms with E-state index in [0.717, 1.165) is 6.42 Å². The molecule has 1 saturated carbocycles. The number of carboxylic acid groups (broad SMARTS) is 1. The molecule has 0 radical (unpaired) electrons. The van der Waals surface area contributed by atoms with E-state index in [2.05, 4.69) is 20.8 Å². The van der Waals surface area contributed by atoms with E-state index in [9.17, 15) is 9.90 Å². The number of carbonyl (C=O) groups excluding carboxylic acids is 1. The van der Waals surface area contributed by atoms with E-state index in [1.54, 1.807) is 0 Å². The van der Waals surface area contributed by atoms with Crippen LogP contribution in [-0.2, 0) is 4.79 Å². The molecule has 3 unspecified atom stereocenters. The smallest absolute Gasteiger partial charge is 0.0417 e. The van der Waals surface area contributed by atoms with Crippen molar-refractivity contribution in [3.63, 3.8) is 0 Å². The normalized spacial score (nSPS) is 33.3. The Bertz CT molecular complexity index is 198. The van der Waals surface area contributed by atoms with E-state index in [4.69, 9.17) is 0 Å². The summed E-state index contributed by atoms with van der Waals surface area (Å²) >= 11 is 0. The summed E-state index contributed by atoms with van der Waals surface area (Å²) in [7, 11) is 0. The summed E-state index contributed by atoms with van der Waals surface area (Å²) in [6.45, 7) is 6.62. The van der Waals surface area contributed by atoms with Gasteiger partial charge in [-0.3, -0.25) is 0 Å².